The number of unbranched alkanes of at least 4 members (excludes halogenated alkanes) is 24. The Morgan fingerprint density at radius 2 is 0.854 bits per heavy atom. The Kier molecular flexibility index (Phi) is 47.8. The molecule has 0 saturated carbocycles. The Labute approximate surface area is 496 Å². The predicted molar refractivity (Wildman–Crippen MR) is 332 cm³/mol. The summed E-state index contributed by atoms with van der Waals surface area (Å²) in [4.78, 5) is 13.3. The van der Waals surface area contributed by atoms with Gasteiger partial charge in [0.1, 0.15) is 48.8 Å². The number of amides is 1. The first-order valence-electron chi connectivity index (χ1n) is 32.5. The molecule has 0 spiro atoms. The first kappa shape index (κ1) is 75.0. The Morgan fingerprint density at radius 3 is 1.34 bits per heavy atom. The van der Waals surface area contributed by atoms with Gasteiger partial charge in [-0.05, 0) is 89.9 Å². The van der Waals surface area contributed by atoms with Gasteiger partial charge >= 0.3 is 0 Å². The van der Waals surface area contributed by atoms with Gasteiger partial charge in [0.15, 0.2) is 12.6 Å². The molecule has 14 nitrogen and oxygen atoms in total. The second kappa shape index (κ2) is 52.3. The zero-order valence-electron chi connectivity index (χ0n) is 50.9. The van der Waals surface area contributed by atoms with Crippen LogP contribution in [0.5, 0.6) is 0 Å². The summed E-state index contributed by atoms with van der Waals surface area (Å²) in [6.07, 6.45) is 56.1. The Bertz CT molecular complexity index is 1740. The molecule has 9 N–H and O–H groups in total. The van der Waals surface area contributed by atoms with E-state index in [9.17, 15) is 45.6 Å². The molecule has 82 heavy (non-hydrogen) atoms. The molecule has 1 amide bonds. The Balaban J connectivity index is 1.76. The lowest BCUT2D eigenvalue weighted by Crippen LogP contribution is -2.65. The van der Waals surface area contributed by atoms with E-state index in [4.69, 9.17) is 18.9 Å². The van der Waals surface area contributed by atoms with Gasteiger partial charge in [-0.25, -0.2) is 0 Å². The highest BCUT2D eigenvalue weighted by Crippen LogP contribution is 2.30. The van der Waals surface area contributed by atoms with Crippen LogP contribution in [-0.4, -0.2) is 140 Å². The number of hydrogen-bond donors (Lipinski definition) is 9. The molecule has 0 radical (unpaired) electrons. The maximum atomic E-state index is 13.3. The molecule has 2 heterocycles. The van der Waals surface area contributed by atoms with Gasteiger partial charge in [-0.2, -0.15) is 0 Å². The number of aliphatic hydroxyl groups is 8. The van der Waals surface area contributed by atoms with Crippen molar-refractivity contribution in [2.75, 3.05) is 19.8 Å². The van der Waals surface area contributed by atoms with Crippen molar-refractivity contribution >= 4 is 5.91 Å². The van der Waals surface area contributed by atoms with Crippen LogP contribution in [0, 0.1) is 0 Å². The van der Waals surface area contributed by atoms with Crippen LogP contribution in [0.25, 0.3) is 0 Å². The molecule has 0 aromatic rings. The van der Waals surface area contributed by atoms with Crippen molar-refractivity contribution in [1.82, 2.24) is 5.32 Å². The molecule has 0 bridgehead atoms. The van der Waals surface area contributed by atoms with Gasteiger partial charge in [-0.15, -0.1) is 0 Å². The van der Waals surface area contributed by atoms with E-state index in [0.29, 0.717) is 12.8 Å². The third-order valence-electron chi connectivity index (χ3n) is 15.2. The molecule has 0 aliphatic carbocycles. The third kappa shape index (κ3) is 36.7. The zero-order valence-corrected chi connectivity index (χ0v) is 50.9. The van der Waals surface area contributed by atoms with Gasteiger partial charge in [-0.3, -0.25) is 4.79 Å². The Hall–Kier alpha value is -3.09. The molecule has 472 valence electrons. The standard InChI is InChI=1S/C68H117NO13/c1-3-5-7-9-11-13-15-17-19-21-23-24-25-26-27-28-29-30-31-32-34-35-37-39-41-43-45-47-49-51-57(72)56(69-60(73)52-50-48-46-44-42-40-38-36-33-22-20-18-16-14-12-10-8-6-4-2)55-79-67-65(78)63(76)66(59(54-71)81-67)82-68-64(77)62(75)61(74)58(53-70)80-68/h6,8,12,14,18,20,33-36,40-43,49,51,56-59,61-68,70-72,74-78H,3-5,7,9-11,13,15-17,19,21-32,37-39,44-48,50,52-55H2,1-2H3,(H,69,73)/b8-6-,14-12-,20-18-,35-34+,36-33-,42-40-,43-41+,51-49+. The van der Waals surface area contributed by atoms with Gasteiger partial charge in [0, 0.05) is 6.42 Å². The van der Waals surface area contributed by atoms with Crippen LogP contribution >= 0.6 is 0 Å². The molecule has 2 saturated heterocycles. The fraction of sp³-hybridized carbons (Fsp3) is 0.750. The largest absolute Gasteiger partial charge is 0.394 e. The summed E-state index contributed by atoms with van der Waals surface area (Å²) >= 11 is 0. The van der Waals surface area contributed by atoms with Crippen LogP contribution in [0.1, 0.15) is 232 Å². The van der Waals surface area contributed by atoms with E-state index in [1.165, 1.54) is 122 Å². The van der Waals surface area contributed by atoms with Crippen LogP contribution in [0.3, 0.4) is 0 Å². The second-order valence-corrected chi connectivity index (χ2v) is 22.5. The zero-order chi connectivity index (χ0) is 59.5. The lowest BCUT2D eigenvalue weighted by Gasteiger charge is -2.46. The SMILES string of the molecule is CC/C=C\C/C=C\C/C=C\C/C=C\C/C=C\CCCCCC(=O)NC(COC1OC(CO)C(OC2OC(CO)C(O)C(O)C2O)C(O)C1O)C(O)/C=C/CC/C=C/CC/C=C/CCCCCCCCCCCCCCCCCCCCC. The predicted octanol–water partition coefficient (Wildman–Crippen LogP) is 12.2. The van der Waals surface area contributed by atoms with Gasteiger partial charge in [0.2, 0.25) is 5.91 Å². The fourth-order valence-corrected chi connectivity index (χ4v) is 10.1. The quantitative estimate of drug-likeness (QED) is 0.0204. The van der Waals surface area contributed by atoms with E-state index < -0.39 is 86.8 Å². The molecule has 2 fully saturated rings. The van der Waals surface area contributed by atoms with Gasteiger partial charge in [-0.1, -0.05) is 233 Å². The third-order valence-corrected chi connectivity index (χ3v) is 15.2. The number of rotatable bonds is 51. The normalized spacial score (nSPS) is 24.6. The summed E-state index contributed by atoms with van der Waals surface area (Å²) in [5.41, 5.74) is 0. The van der Waals surface area contributed by atoms with E-state index in [2.05, 4.69) is 104 Å². The lowest BCUT2D eigenvalue weighted by atomic mass is 9.97. The highest BCUT2D eigenvalue weighted by molar-refractivity contribution is 5.76. The summed E-state index contributed by atoms with van der Waals surface area (Å²) in [6.45, 7) is 2.64. The molecule has 2 aliphatic rings. The molecule has 0 aromatic heterocycles. The molecule has 12 atom stereocenters. The van der Waals surface area contributed by atoms with E-state index in [0.717, 1.165) is 77.0 Å². The van der Waals surface area contributed by atoms with Crippen molar-refractivity contribution in [1.29, 1.82) is 0 Å². The molecule has 14 heteroatoms. The number of nitrogens with one attached hydrogen (secondary N) is 1. The minimum Gasteiger partial charge on any atom is -0.394 e. The summed E-state index contributed by atoms with van der Waals surface area (Å²) in [6, 6.07) is -0.963. The maximum absolute atomic E-state index is 13.3. The molecule has 0 aromatic carbocycles. The van der Waals surface area contributed by atoms with E-state index >= 15 is 0 Å². The van der Waals surface area contributed by atoms with Crippen molar-refractivity contribution in [2.24, 2.45) is 0 Å². The van der Waals surface area contributed by atoms with Crippen molar-refractivity contribution in [3.8, 4) is 0 Å². The summed E-state index contributed by atoms with van der Waals surface area (Å²) in [5, 5.41) is 87.2. The average Bonchev–Trinajstić information content (AvgIpc) is 3.67. The van der Waals surface area contributed by atoms with Crippen LogP contribution in [0.15, 0.2) is 97.2 Å². The molecule has 2 rings (SSSR count). The van der Waals surface area contributed by atoms with E-state index in [1.54, 1.807) is 6.08 Å². The average molecular weight is 1160 g/mol. The van der Waals surface area contributed by atoms with Gasteiger partial charge in [0.25, 0.3) is 0 Å². The van der Waals surface area contributed by atoms with Crippen LogP contribution in [0.2, 0.25) is 0 Å². The monoisotopic (exact) mass is 1160 g/mol. The highest BCUT2D eigenvalue weighted by atomic mass is 16.7. The number of aliphatic hydroxyl groups excluding tert-OH is 8. The number of carbonyl (C=O) groups excluding carboxylic acids is 1. The Morgan fingerprint density at radius 1 is 0.451 bits per heavy atom. The first-order chi connectivity index (χ1) is 40.1. The van der Waals surface area contributed by atoms with E-state index in [1.807, 2.05) is 6.08 Å². The van der Waals surface area contributed by atoms with Crippen molar-refractivity contribution in [2.45, 2.75) is 306 Å². The summed E-state index contributed by atoms with van der Waals surface area (Å²) < 4.78 is 22.8. The van der Waals surface area contributed by atoms with Crippen LogP contribution in [0.4, 0.5) is 0 Å². The number of hydrogen-bond acceptors (Lipinski definition) is 13. The minimum absolute atomic E-state index is 0.225. The molecule has 12 unspecified atom stereocenters. The number of carbonyl (C=O) groups is 1. The summed E-state index contributed by atoms with van der Waals surface area (Å²) in [5.74, 6) is -0.287. The number of ether oxygens (including phenoxy) is 4. The second-order valence-electron chi connectivity index (χ2n) is 22.5. The molecular weight excluding hydrogens is 1040 g/mol. The topological polar surface area (TPSA) is 228 Å². The molecule has 2 aliphatic heterocycles. The lowest BCUT2D eigenvalue weighted by molar-refractivity contribution is -0.359. The molecular formula is C68H117NO13. The van der Waals surface area contributed by atoms with Crippen molar-refractivity contribution in [3.05, 3.63) is 97.2 Å². The first-order valence-corrected chi connectivity index (χ1v) is 32.5. The van der Waals surface area contributed by atoms with Crippen molar-refractivity contribution < 1.29 is 64.6 Å². The number of allylic oxidation sites excluding steroid dienone is 15. The fourth-order valence-electron chi connectivity index (χ4n) is 10.1. The van der Waals surface area contributed by atoms with Crippen LogP contribution in [-0.2, 0) is 23.7 Å². The minimum atomic E-state index is -1.80. The van der Waals surface area contributed by atoms with Gasteiger partial charge in [0.05, 0.1) is 32.0 Å². The van der Waals surface area contributed by atoms with Crippen LogP contribution < -0.4 is 5.32 Å². The highest BCUT2D eigenvalue weighted by Gasteiger charge is 2.51. The smallest absolute Gasteiger partial charge is 0.220 e. The van der Waals surface area contributed by atoms with E-state index in [-0.39, 0.29) is 18.9 Å². The summed E-state index contributed by atoms with van der Waals surface area (Å²) in [7, 11) is 0. The van der Waals surface area contributed by atoms with Crippen molar-refractivity contribution in [3.63, 3.8) is 0 Å². The maximum Gasteiger partial charge on any atom is 0.220 e. The van der Waals surface area contributed by atoms with Gasteiger partial charge < -0.3 is 65.1 Å².